The lowest BCUT2D eigenvalue weighted by Crippen LogP contribution is -2.21. The summed E-state index contributed by atoms with van der Waals surface area (Å²) in [6.45, 7) is 1.21. The maximum Gasteiger partial charge on any atom is 0.136 e. The summed E-state index contributed by atoms with van der Waals surface area (Å²) in [5.41, 5.74) is 0. The minimum Gasteiger partial charge on any atom is -0.396 e. The van der Waals surface area contributed by atoms with Crippen LogP contribution in [0.5, 0.6) is 0 Å². The number of rotatable bonds is 6. The molecule has 1 aromatic heterocycles. The number of hydrogen-bond acceptors (Lipinski definition) is 5. The van der Waals surface area contributed by atoms with Crippen molar-refractivity contribution in [2.75, 3.05) is 30.8 Å². The number of aromatic nitrogens is 2. The summed E-state index contributed by atoms with van der Waals surface area (Å²) < 4.78 is 0. The van der Waals surface area contributed by atoms with E-state index in [2.05, 4.69) is 20.6 Å². The van der Waals surface area contributed by atoms with Crippen molar-refractivity contribution in [3.8, 4) is 0 Å². The molecule has 0 saturated heterocycles. The number of nitrogens with zero attached hydrogens (tertiary/aromatic N) is 2. The first-order valence-corrected chi connectivity index (χ1v) is 7.71. The summed E-state index contributed by atoms with van der Waals surface area (Å²) in [6.07, 6.45) is 6.01. The van der Waals surface area contributed by atoms with Crippen LogP contribution in [0.1, 0.15) is 43.8 Å². The monoisotopic (exact) mass is 276 g/mol. The molecule has 3 rings (SSSR count). The first kappa shape index (κ1) is 13.6. The van der Waals surface area contributed by atoms with Crippen LogP contribution < -0.4 is 10.6 Å². The second-order valence-corrected chi connectivity index (χ2v) is 6.04. The average Bonchev–Trinajstić information content (AvgIpc) is 3.24. The second kappa shape index (κ2) is 5.95. The number of anilines is 2. The Morgan fingerprint density at radius 3 is 2.60 bits per heavy atom. The molecule has 0 radical (unpaired) electrons. The van der Waals surface area contributed by atoms with Gasteiger partial charge in [-0.3, -0.25) is 0 Å². The maximum absolute atomic E-state index is 9.38. The van der Waals surface area contributed by atoms with Gasteiger partial charge in [-0.2, -0.15) is 0 Å². The quantitative estimate of drug-likeness (QED) is 0.743. The summed E-state index contributed by atoms with van der Waals surface area (Å²) >= 11 is 0. The van der Waals surface area contributed by atoms with Gasteiger partial charge in [-0.1, -0.05) is 6.42 Å². The molecule has 2 atom stereocenters. The van der Waals surface area contributed by atoms with Crippen LogP contribution in [-0.4, -0.2) is 35.3 Å². The van der Waals surface area contributed by atoms with Crippen molar-refractivity contribution >= 4 is 11.6 Å². The van der Waals surface area contributed by atoms with Crippen LogP contribution in [0.4, 0.5) is 11.6 Å². The van der Waals surface area contributed by atoms with Gasteiger partial charge in [0.2, 0.25) is 0 Å². The van der Waals surface area contributed by atoms with E-state index in [1.54, 1.807) is 0 Å². The fraction of sp³-hybridized carbons (Fsp3) is 0.733. The molecule has 1 heterocycles. The lowest BCUT2D eigenvalue weighted by molar-refractivity contribution is 0.199. The molecule has 0 bridgehead atoms. The highest BCUT2D eigenvalue weighted by Crippen LogP contribution is 2.39. The summed E-state index contributed by atoms with van der Waals surface area (Å²) in [7, 11) is 1.89. The molecule has 2 unspecified atom stereocenters. The molecular formula is C15H24N4O. The topological polar surface area (TPSA) is 70.1 Å². The fourth-order valence-electron chi connectivity index (χ4n) is 3.07. The average molecular weight is 276 g/mol. The standard InChI is InChI=1S/C15H24N4O/c1-16-13-7-14(19-15(18-13)10-5-6-10)17-8-11-3-2-4-12(11)9-20/h7,10-12,20H,2-6,8-9H2,1H3,(H2,16,17,18,19). The van der Waals surface area contributed by atoms with Crippen LogP contribution >= 0.6 is 0 Å². The summed E-state index contributed by atoms with van der Waals surface area (Å²) in [4.78, 5) is 9.15. The van der Waals surface area contributed by atoms with Crippen molar-refractivity contribution in [1.29, 1.82) is 0 Å². The van der Waals surface area contributed by atoms with Gasteiger partial charge in [-0.25, -0.2) is 9.97 Å². The molecule has 0 spiro atoms. The third-order valence-corrected chi connectivity index (χ3v) is 4.54. The highest BCUT2D eigenvalue weighted by atomic mass is 16.3. The summed E-state index contributed by atoms with van der Waals surface area (Å²) in [6, 6.07) is 1.97. The van der Waals surface area contributed by atoms with Crippen LogP contribution in [0.3, 0.4) is 0 Å². The van der Waals surface area contributed by atoms with E-state index in [-0.39, 0.29) is 0 Å². The van der Waals surface area contributed by atoms with Crippen molar-refractivity contribution < 1.29 is 5.11 Å². The zero-order valence-electron chi connectivity index (χ0n) is 12.1. The Balaban J connectivity index is 1.65. The van der Waals surface area contributed by atoms with Gasteiger partial charge in [-0.05, 0) is 37.5 Å². The molecule has 2 saturated carbocycles. The summed E-state index contributed by atoms with van der Waals surface area (Å²) in [5, 5.41) is 15.9. The van der Waals surface area contributed by atoms with Gasteiger partial charge in [0.05, 0.1) is 0 Å². The highest BCUT2D eigenvalue weighted by molar-refractivity contribution is 5.47. The molecule has 0 amide bonds. The van der Waals surface area contributed by atoms with Gasteiger partial charge in [0, 0.05) is 32.2 Å². The van der Waals surface area contributed by atoms with Crippen LogP contribution in [0.25, 0.3) is 0 Å². The van der Waals surface area contributed by atoms with Gasteiger partial charge in [0.15, 0.2) is 0 Å². The molecule has 1 aromatic rings. The number of hydrogen-bond donors (Lipinski definition) is 3. The predicted molar refractivity (Wildman–Crippen MR) is 80.0 cm³/mol. The minimum atomic E-state index is 0.311. The molecule has 0 aliphatic heterocycles. The van der Waals surface area contributed by atoms with E-state index in [0.717, 1.165) is 30.4 Å². The van der Waals surface area contributed by atoms with E-state index in [9.17, 15) is 5.11 Å². The molecule has 3 N–H and O–H groups in total. The van der Waals surface area contributed by atoms with E-state index < -0.39 is 0 Å². The Kier molecular flexibility index (Phi) is 4.05. The third kappa shape index (κ3) is 3.03. The SMILES string of the molecule is CNc1cc(NCC2CCCC2CO)nc(C2CC2)n1. The van der Waals surface area contributed by atoms with Crippen molar-refractivity contribution in [2.24, 2.45) is 11.8 Å². The van der Waals surface area contributed by atoms with Crippen LogP contribution in [0.2, 0.25) is 0 Å². The van der Waals surface area contributed by atoms with Crippen molar-refractivity contribution in [3.05, 3.63) is 11.9 Å². The second-order valence-electron chi connectivity index (χ2n) is 6.04. The van der Waals surface area contributed by atoms with Crippen molar-refractivity contribution in [3.63, 3.8) is 0 Å². The molecule has 5 heteroatoms. The normalized spacial score (nSPS) is 25.7. The zero-order valence-corrected chi connectivity index (χ0v) is 12.1. The lowest BCUT2D eigenvalue weighted by atomic mass is 9.97. The van der Waals surface area contributed by atoms with E-state index in [0.29, 0.717) is 24.4 Å². The molecule has 110 valence electrons. The van der Waals surface area contributed by atoms with Crippen LogP contribution in [0, 0.1) is 11.8 Å². The minimum absolute atomic E-state index is 0.311. The first-order valence-electron chi connectivity index (χ1n) is 7.71. The first-order chi connectivity index (χ1) is 9.80. The van der Waals surface area contributed by atoms with Crippen molar-refractivity contribution in [2.45, 2.75) is 38.0 Å². The van der Waals surface area contributed by atoms with Crippen molar-refractivity contribution in [1.82, 2.24) is 9.97 Å². The van der Waals surface area contributed by atoms with Gasteiger partial charge in [0.25, 0.3) is 0 Å². The van der Waals surface area contributed by atoms with Gasteiger partial charge < -0.3 is 15.7 Å². The lowest BCUT2D eigenvalue weighted by Gasteiger charge is -2.18. The van der Waals surface area contributed by atoms with Crippen LogP contribution in [-0.2, 0) is 0 Å². The fourth-order valence-corrected chi connectivity index (χ4v) is 3.07. The van der Waals surface area contributed by atoms with Gasteiger partial charge >= 0.3 is 0 Å². The van der Waals surface area contributed by atoms with E-state index in [4.69, 9.17) is 0 Å². The van der Waals surface area contributed by atoms with E-state index >= 15 is 0 Å². The Hall–Kier alpha value is -1.36. The number of nitrogens with one attached hydrogen (secondary N) is 2. The smallest absolute Gasteiger partial charge is 0.136 e. The Morgan fingerprint density at radius 1 is 1.15 bits per heavy atom. The largest absolute Gasteiger partial charge is 0.396 e. The molecule has 20 heavy (non-hydrogen) atoms. The van der Waals surface area contributed by atoms with E-state index in [1.165, 1.54) is 25.7 Å². The molecular weight excluding hydrogens is 252 g/mol. The summed E-state index contributed by atoms with van der Waals surface area (Å²) in [5.74, 6) is 4.34. The Morgan fingerprint density at radius 2 is 1.90 bits per heavy atom. The number of aliphatic hydroxyl groups excluding tert-OH is 1. The Labute approximate surface area is 120 Å². The molecule has 2 aliphatic carbocycles. The highest BCUT2D eigenvalue weighted by Gasteiger charge is 2.28. The Bertz CT molecular complexity index is 461. The molecule has 2 aliphatic rings. The predicted octanol–water partition coefficient (Wildman–Crippen LogP) is 2.22. The van der Waals surface area contributed by atoms with Gasteiger partial charge in [0.1, 0.15) is 17.5 Å². The third-order valence-electron chi connectivity index (χ3n) is 4.54. The number of aliphatic hydroxyl groups is 1. The molecule has 2 fully saturated rings. The van der Waals surface area contributed by atoms with Gasteiger partial charge in [-0.15, -0.1) is 0 Å². The zero-order chi connectivity index (χ0) is 13.9. The van der Waals surface area contributed by atoms with Crippen LogP contribution in [0.15, 0.2) is 6.07 Å². The maximum atomic E-state index is 9.38. The molecule has 5 nitrogen and oxygen atoms in total. The molecule has 0 aromatic carbocycles. The van der Waals surface area contributed by atoms with E-state index in [1.807, 2.05) is 13.1 Å².